The van der Waals surface area contributed by atoms with Gasteiger partial charge in [-0.3, -0.25) is 0 Å². The molecule has 2 aromatic carbocycles. The number of aliphatic hydroxyl groups is 1. The molecule has 2 atom stereocenters. The average Bonchev–Trinajstić information content (AvgIpc) is 2.72. The standard InChI is InChI=1S/C20H21NO2/c1-14(22)21-17-10-6-5-9-16(17)19(2,3)20(21)13-12-15-8-4-7-11-18(15)23-20/h4-14,22H,1-3H3. The Morgan fingerprint density at radius 2 is 1.74 bits per heavy atom. The molecule has 0 aliphatic carbocycles. The van der Waals surface area contributed by atoms with Crippen molar-refractivity contribution in [3.63, 3.8) is 0 Å². The molecule has 0 bridgehead atoms. The number of aliphatic hydroxyl groups excluding tert-OH is 1. The summed E-state index contributed by atoms with van der Waals surface area (Å²) in [6, 6.07) is 16.2. The lowest BCUT2D eigenvalue weighted by Crippen LogP contribution is -2.61. The van der Waals surface area contributed by atoms with Crippen LogP contribution in [0.4, 0.5) is 5.69 Å². The minimum atomic E-state index is -0.737. The second-order valence-corrected chi connectivity index (χ2v) is 6.81. The number of benzene rings is 2. The first-order valence-electron chi connectivity index (χ1n) is 8.01. The predicted octanol–water partition coefficient (Wildman–Crippen LogP) is 3.92. The molecule has 1 N–H and O–H groups in total. The Hall–Kier alpha value is -2.26. The number of hydrogen-bond donors (Lipinski definition) is 1. The fourth-order valence-corrected chi connectivity index (χ4v) is 3.95. The van der Waals surface area contributed by atoms with Crippen molar-refractivity contribution in [2.45, 2.75) is 38.1 Å². The van der Waals surface area contributed by atoms with E-state index in [9.17, 15) is 5.11 Å². The van der Waals surface area contributed by atoms with E-state index in [1.54, 1.807) is 6.92 Å². The summed E-state index contributed by atoms with van der Waals surface area (Å²) in [6.45, 7) is 6.14. The zero-order valence-electron chi connectivity index (χ0n) is 13.7. The van der Waals surface area contributed by atoms with Gasteiger partial charge in [-0.1, -0.05) is 36.4 Å². The van der Waals surface area contributed by atoms with E-state index in [-0.39, 0.29) is 5.41 Å². The topological polar surface area (TPSA) is 32.7 Å². The number of fused-ring (bicyclic) bond motifs is 2. The van der Waals surface area contributed by atoms with Crippen LogP contribution in [-0.4, -0.2) is 17.1 Å². The Balaban J connectivity index is 1.95. The Morgan fingerprint density at radius 3 is 2.52 bits per heavy atom. The van der Waals surface area contributed by atoms with Crippen LogP contribution in [0.25, 0.3) is 6.08 Å². The molecule has 4 rings (SSSR count). The molecule has 3 nitrogen and oxygen atoms in total. The van der Waals surface area contributed by atoms with Crippen molar-refractivity contribution in [1.29, 1.82) is 0 Å². The fraction of sp³-hybridized carbons (Fsp3) is 0.300. The second kappa shape index (κ2) is 4.62. The first kappa shape index (κ1) is 14.3. The van der Waals surface area contributed by atoms with Crippen LogP contribution in [-0.2, 0) is 5.41 Å². The zero-order chi connectivity index (χ0) is 16.2. The van der Waals surface area contributed by atoms with Crippen LogP contribution in [0, 0.1) is 0 Å². The summed E-state index contributed by atoms with van der Waals surface area (Å²) in [5.74, 6) is 0.849. The average molecular weight is 307 g/mol. The Labute approximate surface area is 136 Å². The van der Waals surface area contributed by atoms with Crippen LogP contribution in [0.1, 0.15) is 31.9 Å². The summed E-state index contributed by atoms with van der Waals surface area (Å²) in [4.78, 5) is 1.98. The lowest BCUT2D eigenvalue weighted by Gasteiger charge is -2.48. The molecule has 0 saturated carbocycles. The molecule has 0 aromatic heterocycles. The van der Waals surface area contributed by atoms with Gasteiger partial charge in [0, 0.05) is 11.3 Å². The van der Waals surface area contributed by atoms with Crippen LogP contribution in [0.3, 0.4) is 0 Å². The molecular formula is C20H21NO2. The Kier molecular flexibility index (Phi) is 2.88. The monoisotopic (exact) mass is 307 g/mol. The fourth-order valence-electron chi connectivity index (χ4n) is 3.95. The van der Waals surface area contributed by atoms with Gasteiger partial charge in [-0.2, -0.15) is 0 Å². The molecule has 2 aliphatic rings. The third kappa shape index (κ3) is 1.74. The van der Waals surface area contributed by atoms with Gasteiger partial charge in [-0.05, 0) is 50.6 Å². The molecule has 3 heteroatoms. The van der Waals surface area contributed by atoms with Gasteiger partial charge in [0.05, 0.1) is 5.41 Å². The maximum Gasteiger partial charge on any atom is 0.214 e. The number of para-hydroxylation sites is 2. The second-order valence-electron chi connectivity index (χ2n) is 6.81. The number of ether oxygens (including phenoxy) is 1. The van der Waals surface area contributed by atoms with Gasteiger partial charge in [0.2, 0.25) is 5.72 Å². The third-order valence-corrected chi connectivity index (χ3v) is 5.14. The molecule has 23 heavy (non-hydrogen) atoms. The van der Waals surface area contributed by atoms with Crippen molar-refractivity contribution in [2.75, 3.05) is 4.90 Å². The first-order valence-corrected chi connectivity index (χ1v) is 8.01. The zero-order valence-corrected chi connectivity index (χ0v) is 13.7. The van der Waals surface area contributed by atoms with Crippen molar-refractivity contribution in [1.82, 2.24) is 0 Å². The van der Waals surface area contributed by atoms with Gasteiger partial charge in [0.25, 0.3) is 0 Å². The van der Waals surface area contributed by atoms with E-state index in [0.717, 1.165) is 17.0 Å². The molecule has 0 radical (unpaired) electrons. The number of rotatable bonds is 1. The van der Waals surface area contributed by atoms with E-state index in [2.05, 4.69) is 38.1 Å². The van der Waals surface area contributed by atoms with E-state index >= 15 is 0 Å². The van der Waals surface area contributed by atoms with E-state index in [4.69, 9.17) is 4.74 Å². The molecule has 0 saturated heterocycles. The van der Waals surface area contributed by atoms with Crippen LogP contribution in [0.5, 0.6) is 5.75 Å². The maximum absolute atomic E-state index is 10.5. The molecule has 2 heterocycles. The third-order valence-electron chi connectivity index (χ3n) is 5.14. The van der Waals surface area contributed by atoms with Gasteiger partial charge in [0.1, 0.15) is 12.0 Å². The molecule has 1 spiro atoms. The largest absolute Gasteiger partial charge is 0.463 e. The summed E-state index contributed by atoms with van der Waals surface area (Å²) in [6.07, 6.45) is 3.53. The van der Waals surface area contributed by atoms with Gasteiger partial charge in [-0.15, -0.1) is 0 Å². The molecular weight excluding hydrogens is 286 g/mol. The van der Waals surface area contributed by atoms with E-state index in [0.29, 0.717) is 0 Å². The van der Waals surface area contributed by atoms with Crippen LogP contribution in [0.15, 0.2) is 54.6 Å². The van der Waals surface area contributed by atoms with Crippen molar-refractivity contribution in [2.24, 2.45) is 0 Å². The van der Waals surface area contributed by atoms with Gasteiger partial charge >= 0.3 is 0 Å². The molecule has 2 aromatic rings. The molecule has 118 valence electrons. The van der Waals surface area contributed by atoms with Crippen LogP contribution in [0.2, 0.25) is 0 Å². The molecule has 2 unspecified atom stereocenters. The number of nitrogens with zero attached hydrogens (tertiary/aromatic N) is 1. The lowest BCUT2D eigenvalue weighted by molar-refractivity contribution is 0.0166. The Bertz CT molecular complexity index is 794. The summed E-state index contributed by atoms with van der Waals surface area (Å²) in [5, 5.41) is 10.5. The van der Waals surface area contributed by atoms with E-state index in [1.165, 1.54) is 5.56 Å². The van der Waals surface area contributed by atoms with Crippen LogP contribution < -0.4 is 9.64 Å². The summed E-state index contributed by atoms with van der Waals surface area (Å²) >= 11 is 0. The number of hydrogen-bond acceptors (Lipinski definition) is 3. The minimum Gasteiger partial charge on any atom is -0.463 e. The van der Waals surface area contributed by atoms with Crippen molar-refractivity contribution >= 4 is 11.8 Å². The van der Waals surface area contributed by atoms with Crippen molar-refractivity contribution < 1.29 is 9.84 Å². The highest BCUT2D eigenvalue weighted by Crippen LogP contribution is 2.55. The van der Waals surface area contributed by atoms with Crippen LogP contribution >= 0.6 is 0 Å². The minimum absolute atomic E-state index is 0.301. The smallest absolute Gasteiger partial charge is 0.214 e. The maximum atomic E-state index is 10.5. The van der Waals surface area contributed by atoms with E-state index in [1.807, 2.05) is 41.3 Å². The quantitative estimate of drug-likeness (QED) is 0.866. The van der Waals surface area contributed by atoms with Gasteiger partial charge in [0.15, 0.2) is 0 Å². The van der Waals surface area contributed by atoms with Gasteiger partial charge in [-0.25, -0.2) is 0 Å². The summed E-state index contributed by atoms with van der Waals surface area (Å²) in [5.41, 5.74) is 2.24. The highest BCUT2D eigenvalue weighted by molar-refractivity contribution is 5.72. The highest BCUT2D eigenvalue weighted by atomic mass is 16.5. The molecule has 2 aliphatic heterocycles. The van der Waals surface area contributed by atoms with Crippen molar-refractivity contribution in [3.05, 3.63) is 65.7 Å². The predicted molar refractivity (Wildman–Crippen MR) is 92.5 cm³/mol. The molecule has 0 fully saturated rings. The summed E-state index contributed by atoms with van der Waals surface area (Å²) in [7, 11) is 0. The normalized spacial score (nSPS) is 25.0. The van der Waals surface area contributed by atoms with Gasteiger partial charge < -0.3 is 14.7 Å². The Morgan fingerprint density at radius 1 is 1.04 bits per heavy atom. The first-order chi connectivity index (χ1) is 11.0. The van der Waals surface area contributed by atoms with E-state index < -0.39 is 12.0 Å². The highest BCUT2D eigenvalue weighted by Gasteiger charge is 2.59. The van der Waals surface area contributed by atoms with Crippen molar-refractivity contribution in [3.8, 4) is 5.75 Å². The number of anilines is 1. The SMILES string of the molecule is CC(O)N1c2ccccc2C(C)(C)C12C=Cc1ccccc1O2. The molecule has 0 amide bonds. The lowest BCUT2D eigenvalue weighted by atomic mass is 9.76. The summed E-state index contributed by atoms with van der Waals surface area (Å²) < 4.78 is 6.53.